The first-order valence-corrected chi connectivity index (χ1v) is 7.25. The van der Waals surface area contributed by atoms with E-state index in [1.165, 1.54) is 55.2 Å². The number of hydrogen-bond donors (Lipinski definition) is 3. The molecule has 1 saturated heterocycles. The minimum atomic E-state index is 0.476. The summed E-state index contributed by atoms with van der Waals surface area (Å²) in [5.74, 6) is 0. The largest absolute Gasteiger partial charge is 0.286 e. The van der Waals surface area contributed by atoms with E-state index < -0.39 is 0 Å². The Hall–Kier alpha value is -0.900. The van der Waals surface area contributed by atoms with Gasteiger partial charge in [0.15, 0.2) is 0 Å². The lowest BCUT2D eigenvalue weighted by Gasteiger charge is -2.40. The highest BCUT2D eigenvalue weighted by Gasteiger charge is 2.27. The summed E-state index contributed by atoms with van der Waals surface area (Å²) in [5, 5.41) is 11.1. The van der Waals surface area contributed by atoms with Gasteiger partial charge in [0.2, 0.25) is 0 Å². The number of benzene rings is 1. The van der Waals surface area contributed by atoms with Crippen LogP contribution >= 0.6 is 0 Å². The van der Waals surface area contributed by atoms with Gasteiger partial charge in [0, 0.05) is 0 Å². The second-order valence-electron chi connectivity index (χ2n) is 5.93. The molecule has 3 heteroatoms. The number of aryl methyl sites for hydroxylation is 3. The van der Waals surface area contributed by atoms with Crippen LogP contribution < -0.4 is 16.0 Å². The monoisotopic (exact) mass is 243 g/mol. The molecule has 18 heavy (non-hydrogen) atoms. The molecule has 1 aromatic rings. The van der Waals surface area contributed by atoms with Crippen LogP contribution in [0.5, 0.6) is 0 Å². The van der Waals surface area contributed by atoms with E-state index in [-0.39, 0.29) is 0 Å². The van der Waals surface area contributed by atoms with E-state index in [9.17, 15) is 0 Å². The van der Waals surface area contributed by atoms with Gasteiger partial charge in [0.05, 0.1) is 18.5 Å². The fraction of sp³-hybridized carbons (Fsp3) is 0.600. The van der Waals surface area contributed by atoms with Crippen molar-refractivity contribution in [1.29, 1.82) is 0 Å². The van der Waals surface area contributed by atoms with Gasteiger partial charge in [-0.3, -0.25) is 16.0 Å². The molecule has 96 valence electrons. The van der Waals surface area contributed by atoms with Gasteiger partial charge in [-0.1, -0.05) is 18.2 Å². The molecule has 1 fully saturated rings. The lowest BCUT2D eigenvalue weighted by Crippen LogP contribution is -2.67. The van der Waals surface area contributed by atoms with Crippen molar-refractivity contribution in [2.75, 3.05) is 0 Å². The molecule has 6 bridgehead atoms. The van der Waals surface area contributed by atoms with Crippen molar-refractivity contribution in [3.63, 3.8) is 0 Å². The molecule has 4 aliphatic heterocycles. The smallest absolute Gasteiger partial charge is 0.0598 e. The molecule has 0 aromatic heterocycles. The maximum Gasteiger partial charge on any atom is 0.0598 e. The van der Waals surface area contributed by atoms with Gasteiger partial charge in [0.1, 0.15) is 0 Å². The summed E-state index contributed by atoms with van der Waals surface area (Å²) < 4.78 is 0. The zero-order valence-electron chi connectivity index (χ0n) is 10.7. The highest BCUT2D eigenvalue weighted by Crippen LogP contribution is 2.21. The van der Waals surface area contributed by atoms with Crippen molar-refractivity contribution in [2.45, 2.75) is 57.0 Å². The van der Waals surface area contributed by atoms with Gasteiger partial charge in [-0.15, -0.1) is 0 Å². The Morgan fingerprint density at radius 1 is 0.611 bits per heavy atom. The SMILES string of the molecule is c1c2cc3cc1CCC1NC(CC2)NC(CC3)N1. The lowest BCUT2D eigenvalue weighted by molar-refractivity contribution is 0.176. The van der Waals surface area contributed by atoms with Gasteiger partial charge in [0.25, 0.3) is 0 Å². The maximum atomic E-state index is 3.70. The van der Waals surface area contributed by atoms with Gasteiger partial charge in [-0.25, -0.2) is 0 Å². The molecular weight excluding hydrogens is 222 g/mol. The first kappa shape index (κ1) is 11.0. The molecule has 4 heterocycles. The fourth-order valence-corrected chi connectivity index (χ4v) is 3.58. The number of nitrogens with one attached hydrogen (secondary N) is 3. The van der Waals surface area contributed by atoms with Crippen LogP contribution in [0.4, 0.5) is 0 Å². The molecule has 0 unspecified atom stereocenters. The molecular formula is C15H21N3. The van der Waals surface area contributed by atoms with E-state index >= 15 is 0 Å². The van der Waals surface area contributed by atoms with Gasteiger partial charge < -0.3 is 0 Å². The average molecular weight is 243 g/mol. The van der Waals surface area contributed by atoms with Crippen molar-refractivity contribution in [3.05, 3.63) is 34.9 Å². The van der Waals surface area contributed by atoms with Crippen LogP contribution in [0, 0.1) is 0 Å². The highest BCUT2D eigenvalue weighted by atomic mass is 15.3. The molecule has 0 saturated carbocycles. The molecule has 4 aliphatic rings. The molecule has 0 spiro atoms. The molecule has 5 rings (SSSR count). The second-order valence-corrected chi connectivity index (χ2v) is 5.93. The molecule has 0 amide bonds. The Morgan fingerprint density at radius 3 is 1.28 bits per heavy atom. The Balaban J connectivity index is 1.79. The second kappa shape index (κ2) is 4.34. The Morgan fingerprint density at radius 2 is 0.944 bits per heavy atom. The van der Waals surface area contributed by atoms with Crippen molar-refractivity contribution < 1.29 is 0 Å². The Kier molecular flexibility index (Phi) is 2.64. The lowest BCUT2D eigenvalue weighted by atomic mass is 9.93. The summed E-state index contributed by atoms with van der Waals surface area (Å²) in [7, 11) is 0. The van der Waals surface area contributed by atoms with Crippen LogP contribution in [0.15, 0.2) is 18.2 Å². The van der Waals surface area contributed by atoms with E-state index in [0.717, 1.165) is 0 Å². The predicted molar refractivity (Wildman–Crippen MR) is 72.2 cm³/mol. The third-order valence-electron chi connectivity index (χ3n) is 4.48. The molecule has 0 atom stereocenters. The molecule has 0 radical (unpaired) electrons. The zero-order chi connectivity index (χ0) is 11.9. The van der Waals surface area contributed by atoms with Crippen LogP contribution in [-0.4, -0.2) is 18.5 Å². The van der Waals surface area contributed by atoms with Crippen molar-refractivity contribution >= 4 is 0 Å². The van der Waals surface area contributed by atoms with E-state index in [1.807, 2.05) is 0 Å². The normalized spacial score (nSPS) is 34.3. The third kappa shape index (κ3) is 2.07. The van der Waals surface area contributed by atoms with Crippen LogP contribution in [0.25, 0.3) is 0 Å². The third-order valence-corrected chi connectivity index (χ3v) is 4.48. The Labute approximate surface area is 108 Å². The topological polar surface area (TPSA) is 36.1 Å². The first-order chi connectivity index (χ1) is 8.85. The zero-order valence-corrected chi connectivity index (χ0v) is 10.7. The Bertz CT molecular complexity index is 372. The van der Waals surface area contributed by atoms with E-state index in [0.29, 0.717) is 18.5 Å². The fourth-order valence-electron chi connectivity index (χ4n) is 3.58. The predicted octanol–water partition coefficient (Wildman–Crippen LogP) is 1.27. The summed E-state index contributed by atoms with van der Waals surface area (Å²) in [6.07, 6.45) is 8.56. The molecule has 3 nitrogen and oxygen atoms in total. The van der Waals surface area contributed by atoms with Gasteiger partial charge in [-0.05, 0) is 55.2 Å². The van der Waals surface area contributed by atoms with E-state index in [4.69, 9.17) is 0 Å². The highest BCUT2D eigenvalue weighted by molar-refractivity contribution is 5.31. The number of fused-ring (bicyclic) bond motifs is 3. The van der Waals surface area contributed by atoms with Gasteiger partial charge >= 0.3 is 0 Å². The summed E-state index contributed by atoms with van der Waals surface area (Å²) in [4.78, 5) is 0. The van der Waals surface area contributed by atoms with Gasteiger partial charge in [-0.2, -0.15) is 0 Å². The van der Waals surface area contributed by atoms with Crippen molar-refractivity contribution in [3.8, 4) is 0 Å². The van der Waals surface area contributed by atoms with Crippen LogP contribution in [-0.2, 0) is 19.3 Å². The molecule has 0 aliphatic carbocycles. The van der Waals surface area contributed by atoms with Crippen molar-refractivity contribution in [1.82, 2.24) is 16.0 Å². The minimum absolute atomic E-state index is 0.476. The minimum Gasteiger partial charge on any atom is -0.286 e. The standard InChI is InChI=1S/C15H21N3/c1-4-13-16-14-5-2-11-7-10(1)8-12(9-11)3-6-15(17-13)18-14/h7-9,13-18H,1-6H2. The summed E-state index contributed by atoms with van der Waals surface area (Å²) >= 11 is 0. The number of rotatable bonds is 0. The number of hydrogen-bond acceptors (Lipinski definition) is 3. The van der Waals surface area contributed by atoms with Crippen LogP contribution in [0.3, 0.4) is 0 Å². The van der Waals surface area contributed by atoms with E-state index in [1.54, 1.807) is 0 Å². The van der Waals surface area contributed by atoms with Crippen LogP contribution in [0.1, 0.15) is 36.0 Å². The quantitative estimate of drug-likeness (QED) is 0.642. The van der Waals surface area contributed by atoms with E-state index in [2.05, 4.69) is 34.1 Å². The first-order valence-electron chi connectivity index (χ1n) is 7.25. The summed E-state index contributed by atoms with van der Waals surface area (Å²) in [6, 6.07) is 7.26. The van der Waals surface area contributed by atoms with Crippen molar-refractivity contribution in [2.24, 2.45) is 0 Å². The maximum absolute atomic E-state index is 3.70. The molecule has 3 N–H and O–H groups in total. The van der Waals surface area contributed by atoms with Crippen LogP contribution in [0.2, 0.25) is 0 Å². The summed E-state index contributed by atoms with van der Waals surface area (Å²) in [6.45, 7) is 0. The molecule has 1 aromatic carbocycles. The average Bonchev–Trinajstić information content (AvgIpc) is 2.39. The summed E-state index contributed by atoms with van der Waals surface area (Å²) in [5.41, 5.74) is 4.59.